The highest BCUT2D eigenvalue weighted by molar-refractivity contribution is 5.37. The van der Waals surface area contributed by atoms with Crippen LogP contribution in [0.3, 0.4) is 0 Å². The summed E-state index contributed by atoms with van der Waals surface area (Å²) in [6, 6.07) is 6.36. The summed E-state index contributed by atoms with van der Waals surface area (Å²) in [6.07, 6.45) is 2.85. The third kappa shape index (κ3) is 3.88. The van der Waals surface area contributed by atoms with E-state index in [1.165, 1.54) is 5.56 Å². The third-order valence-corrected chi connectivity index (χ3v) is 2.80. The van der Waals surface area contributed by atoms with Crippen LogP contribution in [0.2, 0.25) is 0 Å². The van der Waals surface area contributed by atoms with E-state index in [0.717, 1.165) is 24.3 Å². The number of nitrogens with one attached hydrogen (secondary N) is 1. The van der Waals surface area contributed by atoms with Gasteiger partial charge in [0.25, 0.3) is 0 Å². The molecule has 0 radical (unpaired) electrons. The molecule has 3 heteroatoms. The molecule has 1 aromatic rings. The van der Waals surface area contributed by atoms with E-state index in [1.54, 1.807) is 7.11 Å². The summed E-state index contributed by atoms with van der Waals surface area (Å²) in [6.45, 7) is 7.23. The maximum atomic E-state index is 5.79. The first-order valence-corrected chi connectivity index (χ1v) is 5.91. The van der Waals surface area contributed by atoms with Gasteiger partial charge < -0.3 is 15.8 Å². The van der Waals surface area contributed by atoms with E-state index in [2.05, 4.69) is 24.0 Å². The normalized spacial score (nSPS) is 12.2. The number of aryl methyl sites for hydroxylation is 1. The van der Waals surface area contributed by atoms with Crippen LogP contribution in [0.5, 0.6) is 5.75 Å². The standard InChI is InChI=1S/C14H22N2O/c1-4-5-8-16-13(10-15)12-6-7-14(17-3)11(2)9-12/h4,6-7,9,13,16H,1,5,8,10,15H2,2-3H3. The zero-order valence-electron chi connectivity index (χ0n) is 10.7. The topological polar surface area (TPSA) is 47.3 Å². The molecule has 0 amide bonds. The molecule has 0 saturated carbocycles. The number of hydrogen-bond donors (Lipinski definition) is 2. The van der Waals surface area contributed by atoms with Crippen molar-refractivity contribution in [3.63, 3.8) is 0 Å². The zero-order valence-corrected chi connectivity index (χ0v) is 10.7. The summed E-state index contributed by atoms with van der Waals surface area (Å²) in [5, 5.41) is 3.41. The van der Waals surface area contributed by atoms with Crippen LogP contribution in [-0.2, 0) is 0 Å². The van der Waals surface area contributed by atoms with E-state index in [4.69, 9.17) is 10.5 Å². The highest BCUT2D eigenvalue weighted by atomic mass is 16.5. The van der Waals surface area contributed by atoms with Gasteiger partial charge in [-0.1, -0.05) is 18.2 Å². The highest BCUT2D eigenvalue weighted by Crippen LogP contribution is 2.22. The van der Waals surface area contributed by atoms with Crippen molar-refractivity contribution in [2.24, 2.45) is 5.73 Å². The maximum absolute atomic E-state index is 5.79. The van der Waals surface area contributed by atoms with Gasteiger partial charge in [-0.3, -0.25) is 0 Å². The molecule has 0 fully saturated rings. The van der Waals surface area contributed by atoms with Crippen molar-refractivity contribution in [2.45, 2.75) is 19.4 Å². The Morgan fingerprint density at radius 3 is 2.82 bits per heavy atom. The molecule has 0 bridgehead atoms. The molecule has 3 nitrogen and oxygen atoms in total. The number of methoxy groups -OCH3 is 1. The Balaban J connectivity index is 2.74. The molecule has 0 saturated heterocycles. The average Bonchev–Trinajstić information content (AvgIpc) is 2.35. The summed E-state index contributed by atoms with van der Waals surface area (Å²) >= 11 is 0. The Labute approximate surface area is 104 Å². The third-order valence-electron chi connectivity index (χ3n) is 2.80. The molecule has 94 valence electrons. The minimum atomic E-state index is 0.194. The molecule has 1 atom stereocenters. The Hall–Kier alpha value is -1.32. The molecule has 3 N–H and O–H groups in total. The maximum Gasteiger partial charge on any atom is 0.121 e. The van der Waals surface area contributed by atoms with Crippen LogP contribution in [0, 0.1) is 6.92 Å². The smallest absolute Gasteiger partial charge is 0.121 e. The van der Waals surface area contributed by atoms with Gasteiger partial charge in [0.2, 0.25) is 0 Å². The van der Waals surface area contributed by atoms with Gasteiger partial charge in [0.05, 0.1) is 7.11 Å². The van der Waals surface area contributed by atoms with E-state index < -0.39 is 0 Å². The van der Waals surface area contributed by atoms with Crippen LogP contribution in [0.1, 0.15) is 23.6 Å². The summed E-state index contributed by atoms with van der Waals surface area (Å²) in [5.41, 5.74) is 8.12. The molecule has 17 heavy (non-hydrogen) atoms. The van der Waals surface area contributed by atoms with Gasteiger partial charge in [-0.25, -0.2) is 0 Å². The fraction of sp³-hybridized carbons (Fsp3) is 0.429. The zero-order chi connectivity index (χ0) is 12.7. The van der Waals surface area contributed by atoms with Gasteiger partial charge >= 0.3 is 0 Å². The first-order chi connectivity index (χ1) is 8.22. The summed E-state index contributed by atoms with van der Waals surface area (Å²) in [7, 11) is 1.69. The summed E-state index contributed by atoms with van der Waals surface area (Å²) in [4.78, 5) is 0. The number of ether oxygens (including phenoxy) is 1. The minimum absolute atomic E-state index is 0.194. The quantitative estimate of drug-likeness (QED) is 0.561. The minimum Gasteiger partial charge on any atom is -0.496 e. The first kappa shape index (κ1) is 13.7. The number of rotatable bonds is 7. The Morgan fingerprint density at radius 2 is 2.29 bits per heavy atom. The second kappa shape index (κ2) is 7.09. The fourth-order valence-electron chi connectivity index (χ4n) is 1.82. The van der Waals surface area contributed by atoms with Crippen molar-refractivity contribution in [1.82, 2.24) is 5.32 Å². The van der Waals surface area contributed by atoms with Crippen LogP contribution in [0.15, 0.2) is 30.9 Å². The SMILES string of the molecule is C=CCCNC(CN)c1ccc(OC)c(C)c1. The van der Waals surface area contributed by atoms with Crippen molar-refractivity contribution in [1.29, 1.82) is 0 Å². The van der Waals surface area contributed by atoms with Crippen molar-refractivity contribution in [3.8, 4) is 5.75 Å². The summed E-state index contributed by atoms with van der Waals surface area (Å²) < 4.78 is 5.25. The molecule has 0 aliphatic rings. The average molecular weight is 234 g/mol. The van der Waals surface area contributed by atoms with Crippen LogP contribution in [0.25, 0.3) is 0 Å². The van der Waals surface area contributed by atoms with Crippen molar-refractivity contribution in [3.05, 3.63) is 42.0 Å². The monoisotopic (exact) mass is 234 g/mol. The number of hydrogen-bond acceptors (Lipinski definition) is 3. The molecule has 1 unspecified atom stereocenters. The van der Waals surface area contributed by atoms with Crippen LogP contribution >= 0.6 is 0 Å². The predicted octanol–water partition coefficient (Wildman–Crippen LogP) is 2.17. The van der Waals surface area contributed by atoms with E-state index in [9.17, 15) is 0 Å². The highest BCUT2D eigenvalue weighted by Gasteiger charge is 2.09. The Kier molecular flexibility index (Phi) is 5.73. The second-order valence-electron chi connectivity index (χ2n) is 4.05. The molecular formula is C14H22N2O. The largest absolute Gasteiger partial charge is 0.496 e. The van der Waals surface area contributed by atoms with Gasteiger partial charge in [-0.15, -0.1) is 6.58 Å². The Morgan fingerprint density at radius 1 is 1.53 bits per heavy atom. The molecule has 0 aliphatic heterocycles. The van der Waals surface area contributed by atoms with E-state index in [0.29, 0.717) is 6.54 Å². The Bertz CT molecular complexity index is 363. The van der Waals surface area contributed by atoms with Gasteiger partial charge in [0.1, 0.15) is 5.75 Å². The van der Waals surface area contributed by atoms with Gasteiger partial charge in [-0.05, 0) is 37.1 Å². The molecular weight excluding hydrogens is 212 g/mol. The van der Waals surface area contributed by atoms with Crippen LogP contribution < -0.4 is 15.8 Å². The van der Waals surface area contributed by atoms with Crippen molar-refractivity contribution < 1.29 is 4.74 Å². The lowest BCUT2D eigenvalue weighted by atomic mass is 10.0. The number of benzene rings is 1. The molecule has 0 aliphatic carbocycles. The van der Waals surface area contributed by atoms with Gasteiger partial charge in [0, 0.05) is 12.6 Å². The molecule has 0 spiro atoms. The molecule has 0 aromatic heterocycles. The molecule has 1 aromatic carbocycles. The van der Waals surface area contributed by atoms with E-state index >= 15 is 0 Å². The predicted molar refractivity (Wildman–Crippen MR) is 72.3 cm³/mol. The molecule has 1 rings (SSSR count). The van der Waals surface area contributed by atoms with Crippen molar-refractivity contribution >= 4 is 0 Å². The molecule has 0 heterocycles. The van der Waals surface area contributed by atoms with E-state index in [1.807, 2.05) is 19.1 Å². The van der Waals surface area contributed by atoms with E-state index in [-0.39, 0.29) is 6.04 Å². The van der Waals surface area contributed by atoms with Crippen LogP contribution in [-0.4, -0.2) is 20.2 Å². The van der Waals surface area contributed by atoms with Crippen LogP contribution in [0.4, 0.5) is 0 Å². The van der Waals surface area contributed by atoms with Gasteiger partial charge in [-0.2, -0.15) is 0 Å². The first-order valence-electron chi connectivity index (χ1n) is 5.91. The summed E-state index contributed by atoms with van der Waals surface area (Å²) in [5.74, 6) is 0.913. The lowest BCUT2D eigenvalue weighted by Crippen LogP contribution is -2.28. The second-order valence-corrected chi connectivity index (χ2v) is 4.05. The van der Waals surface area contributed by atoms with Crippen molar-refractivity contribution in [2.75, 3.05) is 20.2 Å². The fourth-order valence-corrected chi connectivity index (χ4v) is 1.82. The lowest BCUT2D eigenvalue weighted by Gasteiger charge is -2.18. The van der Waals surface area contributed by atoms with Gasteiger partial charge in [0.15, 0.2) is 0 Å². The number of nitrogens with two attached hydrogens (primary N) is 1. The lowest BCUT2D eigenvalue weighted by molar-refractivity contribution is 0.411.